The van der Waals surface area contributed by atoms with Gasteiger partial charge in [0.25, 0.3) is 0 Å². The van der Waals surface area contributed by atoms with Crippen molar-refractivity contribution in [2.75, 3.05) is 7.11 Å². The van der Waals surface area contributed by atoms with E-state index in [-0.39, 0.29) is 0 Å². The zero-order valence-electron chi connectivity index (χ0n) is 9.47. The quantitative estimate of drug-likeness (QED) is 0.606. The molecule has 0 saturated carbocycles. The highest BCUT2D eigenvalue weighted by atomic mass is 35.5. The number of alkyl halides is 1. The summed E-state index contributed by atoms with van der Waals surface area (Å²) in [5.74, 6) is 0.660. The molecule has 1 atom stereocenters. The van der Waals surface area contributed by atoms with Crippen LogP contribution < -0.4 is 4.74 Å². The number of hydrogen-bond acceptors (Lipinski definition) is 2. The van der Waals surface area contributed by atoms with Crippen molar-refractivity contribution >= 4 is 11.6 Å². The van der Waals surface area contributed by atoms with Crippen molar-refractivity contribution in [2.24, 2.45) is 0 Å². The summed E-state index contributed by atoms with van der Waals surface area (Å²) >= 11 is 6.34. The second-order valence-electron chi connectivity index (χ2n) is 3.52. The Balaban J connectivity index is 2.27. The van der Waals surface area contributed by atoms with E-state index >= 15 is 0 Å². The molecule has 0 spiro atoms. The minimum Gasteiger partial charge on any atom is -0.445 e. The van der Waals surface area contributed by atoms with Crippen molar-refractivity contribution in [3.05, 3.63) is 66.2 Å². The monoisotopic (exact) mass is 248 g/mol. The van der Waals surface area contributed by atoms with Gasteiger partial charge in [-0.3, -0.25) is 0 Å². The van der Waals surface area contributed by atoms with Crippen molar-refractivity contribution in [1.82, 2.24) is 0 Å². The largest absolute Gasteiger partial charge is 0.445 e. The van der Waals surface area contributed by atoms with Crippen LogP contribution in [0.3, 0.4) is 0 Å². The molecular formula is C14H13ClO2. The Morgan fingerprint density at radius 3 is 1.94 bits per heavy atom. The third kappa shape index (κ3) is 2.78. The van der Waals surface area contributed by atoms with Crippen LogP contribution >= 0.6 is 11.6 Å². The van der Waals surface area contributed by atoms with Crippen LogP contribution in [0.1, 0.15) is 5.56 Å². The summed E-state index contributed by atoms with van der Waals surface area (Å²) in [6.45, 7) is 0. The molecule has 2 nitrogen and oxygen atoms in total. The van der Waals surface area contributed by atoms with Crippen LogP contribution in [0.15, 0.2) is 60.7 Å². The van der Waals surface area contributed by atoms with E-state index in [0.717, 1.165) is 5.56 Å². The summed E-state index contributed by atoms with van der Waals surface area (Å²) in [4.78, 5) is 0. The maximum Gasteiger partial charge on any atom is 0.318 e. The van der Waals surface area contributed by atoms with Gasteiger partial charge in [0.2, 0.25) is 0 Å². The molecule has 2 aromatic rings. The Hall–Kier alpha value is -1.51. The Labute approximate surface area is 106 Å². The maximum atomic E-state index is 6.34. The van der Waals surface area contributed by atoms with Gasteiger partial charge in [0.1, 0.15) is 5.75 Å². The van der Waals surface area contributed by atoms with Crippen LogP contribution in [0, 0.1) is 0 Å². The molecule has 0 bridgehead atoms. The maximum absolute atomic E-state index is 6.34. The van der Waals surface area contributed by atoms with Crippen LogP contribution in [0.2, 0.25) is 0 Å². The summed E-state index contributed by atoms with van der Waals surface area (Å²) in [7, 11) is 1.52. The summed E-state index contributed by atoms with van der Waals surface area (Å²) < 4.78 is 11.0. The van der Waals surface area contributed by atoms with Crippen molar-refractivity contribution in [3.8, 4) is 5.75 Å². The number of halogens is 1. The van der Waals surface area contributed by atoms with Crippen molar-refractivity contribution in [2.45, 2.75) is 5.25 Å². The number of hydrogen-bond donors (Lipinski definition) is 0. The van der Waals surface area contributed by atoms with Crippen molar-refractivity contribution in [1.29, 1.82) is 0 Å². The van der Waals surface area contributed by atoms with E-state index in [1.807, 2.05) is 60.7 Å². The Morgan fingerprint density at radius 1 is 0.882 bits per heavy atom. The van der Waals surface area contributed by atoms with Crippen LogP contribution in [-0.2, 0) is 9.98 Å². The summed E-state index contributed by atoms with van der Waals surface area (Å²) in [5.41, 5.74) is 0.757. The molecule has 1 unspecified atom stereocenters. The zero-order valence-corrected chi connectivity index (χ0v) is 10.2. The molecule has 0 aliphatic rings. The third-order valence-electron chi connectivity index (χ3n) is 2.37. The van der Waals surface area contributed by atoms with E-state index in [9.17, 15) is 0 Å². The Kier molecular flexibility index (Phi) is 3.67. The molecule has 0 fully saturated rings. The minimum atomic E-state index is -1.29. The highest BCUT2D eigenvalue weighted by Crippen LogP contribution is 2.32. The average molecular weight is 249 g/mol. The predicted octanol–water partition coefficient (Wildman–Crippen LogP) is 3.76. The molecule has 2 aromatic carbocycles. The highest BCUT2D eigenvalue weighted by Gasteiger charge is 2.31. The fourth-order valence-corrected chi connectivity index (χ4v) is 1.71. The highest BCUT2D eigenvalue weighted by molar-refractivity contribution is 6.22. The van der Waals surface area contributed by atoms with Gasteiger partial charge in [-0.2, -0.15) is 0 Å². The molecule has 0 N–H and O–H groups in total. The molecule has 3 heteroatoms. The predicted molar refractivity (Wildman–Crippen MR) is 68.1 cm³/mol. The van der Waals surface area contributed by atoms with Crippen molar-refractivity contribution < 1.29 is 9.47 Å². The zero-order chi connectivity index (χ0) is 12.1. The van der Waals surface area contributed by atoms with Gasteiger partial charge in [-0.15, -0.1) is 0 Å². The van der Waals surface area contributed by atoms with Crippen LogP contribution in [0.4, 0.5) is 0 Å². The molecule has 88 valence electrons. The van der Waals surface area contributed by atoms with Crippen LogP contribution in [-0.4, -0.2) is 7.11 Å². The van der Waals surface area contributed by atoms with Gasteiger partial charge in [0.15, 0.2) is 0 Å². The molecule has 0 aliphatic carbocycles. The number of benzene rings is 2. The third-order valence-corrected chi connectivity index (χ3v) is 2.82. The van der Waals surface area contributed by atoms with Gasteiger partial charge < -0.3 is 9.47 Å². The summed E-state index contributed by atoms with van der Waals surface area (Å²) in [6.07, 6.45) is 0. The van der Waals surface area contributed by atoms with Gasteiger partial charge >= 0.3 is 5.25 Å². The van der Waals surface area contributed by atoms with Gasteiger partial charge in [-0.05, 0) is 23.7 Å². The molecule has 0 heterocycles. The molecule has 0 radical (unpaired) electrons. The summed E-state index contributed by atoms with van der Waals surface area (Å²) in [5, 5.41) is -1.29. The lowest BCUT2D eigenvalue weighted by Gasteiger charge is -2.26. The van der Waals surface area contributed by atoms with Gasteiger partial charge in [0.05, 0.1) is 0 Å². The average Bonchev–Trinajstić information content (AvgIpc) is 2.41. The van der Waals surface area contributed by atoms with E-state index < -0.39 is 5.25 Å². The molecule has 0 saturated heterocycles. The number of rotatable bonds is 4. The van der Waals surface area contributed by atoms with E-state index in [2.05, 4.69) is 0 Å². The molecule has 2 rings (SSSR count). The molecule has 17 heavy (non-hydrogen) atoms. The Bertz CT molecular complexity index is 458. The lowest BCUT2D eigenvalue weighted by atomic mass is 10.2. The van der Waals surface area contributed by atoms with E-state index in [0.29, 0.717) is 5.75 Å². The minimum absolute atomic E-state index is 0.660. The second kappa shape index (κ2) is 5.21. The lowest BCUT2D eigenvalue weighted by molar-refractivity contribution is -0.0998. The SMILES string of the molecule is COC(Cl)(Oc1ccccc1)c1ccccc1. The topological polar surface area (TPSA) is 18.5 Å². The number of methoxy groups -OCH3 is 1. The Morgan fingerprint density at radius 2 is 1.41 bits per heavy atom. The molecular weight excluding hydrogens is 236 g/mol. The van der Waals surface area contributed by atoms with Gasteiger partial charge in [-0.1, -0.05) is 48.5 Å². The lowest BCUT2D eigenvalue weighted by Crippen LogP contribution is -2.28. The first-order valence-electron chi connectivity index (χ1n) is 5.28. The van der Waals surface area contributed by atoms with E-state index in [1.165, 1.54) is 7.11 Å². The standard InChI is InChI=1S/C14H13ClO2/c1-16-14(15,12-8-4-2-5-9-12)17-13-10-6-3-7-11-13/h2-11H,1H3. The van der Waals surface area contributed by atoms with Crippen molar-refractivity contribution in [3.63, 3.8) is 0 Å². The summed E-state index contributed by atoms with van der Waals surface area (Å²) in [6, 6.07) is 18.8. The number of para-hydroxylation sites is 1. The second-order valence-corrected chi connectivity index (χ2v) is 4.02. The first-order valence-corrected chi connectivity index (χ1v) is 5.66. The fraction of sp³-hybridized carbons (Fsp3) is 0.143. The smallest absolute Gasteiger partial charge is 0.318 e. The van der Waals surface area contributed by atoms with Crippen LogP contribution in [0.5, 0.6) is 5.75 Å². The molecule has 0 aromatic heterocycles. The van der Waals surface area contributed by atoms with Crippen LogP contribution in [0.25, 0.3) is 0 Å². The normalized spacial score (nSPS) is 14.0. The molecule has 0 amide bonds. The van der Waals surface area contributed by atoms with E-state index in [4.69, 9.17) is 21.1 Å². The van der Waals surface area contributed by atoms with Gasteiger partial charge in [-0.25, -0.2) is 0 Å². The molecule has 0 aliphatic heterocycles. The first kappa shape index (κ1) is 12.0. The number of ether oxygens (including phenoxy) is 2. The first-order chi connectivity index (χ1) is 8.24. The fourth-order valence-electron chi connectivity index (χ4n) is 1.50. The van der Waals surface area contributed by atoms with Gasteiger partial charge in [0, 0.05) is 12.7 Å². The van der Waals surface area contributed by atoms with E-state index in [1.54, 1.807) is 0 Å².